The second-order valence-electron chi connectivity index (χ2n) is 3.28. The van der Waals surface area contributed by atoms with Gasteiger partial charge in [-0.25, -0.2) is 22.0 Å². The summed E-state index contributed by atoms with van der Waals surface area (Å²) < 4.78 is 72.6. The molecule has 0 aromatic rings. The monoisotopic (exact) mass is 236 g/mol. The van der Waals surface area contributed by atoms with Gasteiger partial charge in [0.1, 0.15) is 6.17 Å². The fraction of sp³-hybridized carbons (Fsp3) is 1.00. The van der Waals surface area contributed by atoms with Crippen molar-refractivity contribution in [3.05, 3.63) is 0 Å². The van der Waals surface area contributed by atoms with E-state index >= 15 is 0 Å². The van der Waals surface area contributed by atoms with Crippen molar-refractivity contribution in [1.29, 1.82) is 0 Å². The Morgan fingerprint density at radius 3 is 1.80 bits per heavy atom. The minimum atomic E-state index is -3.51. The Balaban J connectivity index is 3.73. The Kier molecular flexibility index (Phi) is 7.60. The van der Waals surface area contributed by atoms with Crippen LogP contribution >= 0.6 is 0 Å². The van der Waals surface area contributed by atoms with Crippen LogP contribution in [0.1, 0.15) is 25.7 Å². The molecule has 3 unspecified atom stereocenters. The third kappa shape index (κ3) is 5.89. The molecule has 0 radical (unpaired) electrons. The number of halogens is 6. The standard InChI is InChI=1S/C9H14F6/c10-5-3-1-2-4-6(11)7(12)8(13)9(14)15/h6-9H,1-5H2. The summed E-state index contributed by atoms with van der Waals surface area (Å²) in [4.78, 5) is 0. The average molecular weight is 236 g/mol. The van der Waals surface area contributed by atoms with E-state index in [0.29, 0.717) is 6.42 Å². The zero-order chi connectivity index (χ0) is 11.8. The molecule has 0 spiro atoms. The predicted octanol–water partition coefficient (Wildman–Crippen LogP) is 3.80. The van der Waals surface area contributed by atoms with Crippen molar-refractivity contribution >= 4 is 0 Å². The van der Waals surface area contributed by atoms with Gasteiger partial charge in [-0.2, -0.15) is 0 Å². The Bertz CT molecular complexity index is 152. The summed E-state index contributed by atoms with van der Waals surface area (Å²) in [5.74, 6) is 0. The van der Waals surface area contributed by atoms with Crippen LogP contribution in [0.3, 0.4) is 0 Å². The number of hydrogen-bond donors (Lipinski definition) is 0. The fourth-order valence-electron chi connectivity index (χ4n) is 1.11. The van der Waals surface area contributed by atoms with Crippen molar-refractivity contribution in [1.82, 2.24) is 0 Å². The SMILES string of the molecule is FCCCCCC(F)C(F)C(F)C(F)F. The first kappa shape index (κ1) is 14.6. The minimum Gasteiger partial charge on any atom is -0.251 e. The second-order valence-corrected chi connectivity index (χ2v) is 3.28. The number of unbranched alkanes of at least 4 members (excludes halogenated alkanes) is 2. The molecule has 6 heteroatoms. The molecule has 0 rings (SSSR count). The smallest absolute Gasteiger partial charge is 0.251 e. The average Bonchev–Trinajstić information content (AvgIpc) is 2.21. The van der Waals surface area contributed by atoms with Crippen LogP contribution in [-0.4, -0.2) is 31.6 Å². The van der Waals surface area contributed by atoms with Crippen molar-refractivity contribution in [2.75, 3.05) is 6.67 Å². The van der Waals surface area contributed by atoms with E-state index in [1.54, 1.807) is 0 Å². The van der Waals surface area contributed by atoms with E-state index in [2.05, 4.69) is 0 Å². The van der Waals surface area contributed by atoms with Crippen LogP contribution in [0.2, 0.25) is 0 Å². The molecule has 3 atom stereocenters. The van der Waals surface area contributed by atoms with Crippen molar-refractivity contribution in [2.24, 2.45) is 0 Å². The lowest BCUT2D eigenvalue weighted by atomic mass is 10.1. The summed E-state index contributed by atoms with van der Waals surface area (Å²) in [7, 11) is 0. The summed E-state index contributed by atoms with van der Waals surface area (Å²) in [5.41, 5.74) is 0. The minimum absolute atomic E-state index is 0.168. The van der Waals surface area contributed by atoms with E-state index < -0.39 is 31.6 Å². The van der Waals surface area contributed by atoms with Gasteiger partial charge in [0, 0.05) is 0 Å². The van der Waals surface area contributed by atoms with Crippen LogP contribution in [0, 0.1) is 0 Å². The zero-order valence-electron chi connectivity index (χ0n) is 8.11. The van der Waals surface area contributed by atoms with E-state index in [4.69, 9.17) is 0 Å². The maximum Gasteiger partial charge on any atom is 0.272 e. The van der Waals surface area contributed by atoms with Crippen molar-refractivity contribution < 1.29 is 26.3 Å². The van der Waals surface area contributed by atoms with E-state index in [1.807, 2.05) is 0 Å². The molecular formula is C9H14F6. The molecule has 0 saturated carbocycles. The van der Waals surface area contributed by atoms with Crippen LogP contribution in [0.15, 0.2) is 0 Å². The first-order valence-electron chi connectivity index (χ1n) is 4.77. The molecule has 0 amide bonds. The molecule has 0 aromatic carbocycles. The maximum absolute atomic E-state index is 12.8. The molecule has 0 bridgehead atoms. The Morgan fingerprint density at radius 2 is 1.33 bits per heavy atom. The van der Waals surface area contributed by atoms with E-state index in [1.165, 1.54) is 0 Å². The molecule has 0 saturated heterocycles. The summed E-state index contributed by atoms with van der Waals surface area (Å²) in [5, 5.41) is 0. The summed E-state index contributed by atoms with van der Waals surface area (Å²) in [6.07, 6.45) is -11.3. The molecule has 0 fully saturated rings. The molecule has 0 nitrogen and oxygen atoms in total. The van der Waals surface area contributed by atoms with Crippen LogP contribution in [0.4, 0.5) is 26.3 Å². The van der Waals surface area contributed by atoms with Crippen molar-refractivity contribution in [3.8, 4) is 0 Å². The normalized spacial score (nSPS) is 17.8. The zero-order valence-corrected chi connectivity index (χ0v) is 8.11. The first-order chi connectivity index (χ1) is 7.00. The van der Waals surface area contributed by atoms with Gasteiger partial charge in [-0.05, 0) is 12.8 Å². The summed E-state index contributed by atoms with van der Waals surface area (Å²) in [6.45, 7) is -0.557. The Morgan fingerprint density at radius 1 is 0.733 bits per heavy atom. The topological polar surface area (TPSA) is 0 Å². The third-order valence-corrected chi connectivity index (χ3v) is 2.00. The van der Waals surface area contributed by atoms with Crippen molar-refractivity contribution in [2.45, 2.75) is 50.6 Å². The highest BCUT2D eigenvalue weighted by atomic mass is 19.3. The molecule has 92 valence electrons. The lowest BCUT2D eigenvalue weighted by Crippen LogP contribution is -2.33. The van der Waals surface area contributed by atoms with Gasteiger partial charge < -0.3 is 0 Å². The Labute approximate surface area is 84.7 Å². The van der Waals surface area contributed by atoms with Crippen LogP contribution in [-0.2, 0) is 0 Å². The van der Waals surface area contributed by atoms with Gasteiger partial charge in [-0.3, -0.25) is 4.39 Å². The third-order valence-electron chi connectivity index (χ3n) is 2.00. The molecule has 0 N–H and O–H groups in total. The van der Waals surface area contributed by atoms with Crippen LogP contribution in [0.25, 0.3) is 0 Å². The molecule has 15 heavy (non-hydrogen) atoms. The predicted molar refractivity (Wildman–Crippen MR) is 45.1 cm³/mol. The molecule has 0 aliphatic rings. The number of hydrogen-bond acceptors (Lipinski definition) is 0. The lowest BCUT2D eigenvalue weighted by molar-refractivity contribution is -0.0248. The second kappa shape index (κ2) is 7.82. The van der Waals surface area contributed by atoms with Crippen molar-refractivity contribution in [3.63, 3.8) is 0 Å². The van der Waals surface area contributed by atoms with Gasteiger partial charge in [-0.1, -0.05) is 12.8 Å². The van der Waals surface area contributed by atoms with E-state index in [0.717, 1.165) is 0 Å². The van der Waals surface area contributed by atoms with Gasteiger partial charge in [0.2, 0.25) is 0 Å². The summed E-state index contributed by atoms with van der Waals surface area (Å²) in [6, 6.07) is 0. The number of rotatable bonds is 8. The Hall–Kier alpha value is -0.420. The van der Waals surface area contributed by atoms with Gasteiger partial charge in [0.25, 0.3) is 6.43 Å². The number of alkyl halides is 6. The molecule has 0 aliphatic heterocycles. The van der Waals surface area contributed by atoms with Crippen LogP contribution in [0.5, 0.6) is 0 Å². The lowest BCUT2D eigenvalue weighted by Gasteiger charge is -2.16. The highest BCUT2D eigenvalue weighted by molar-refractivity contribution is 4.78. The highest BCUT2D eigenvalue weighted by Gasteiger charge is 2.35. The van der Waals surface area contributed by atoms with Gasteiger partial charge in [0.05, 0.1) is 6.67 Å². The highest BCUT2D eigenvalue weighted by Crippen LogP contribution is 2.21. The molecule has 0 aromatic heterocycles. The van der Waals surface area contributed by atoms with Gasteiger partial charge in [0.15, 0.2) is 12.3 Å². The van der Waals surface area contributed by atoms with Gasteiger partial charge >= 0.3 is 0 Å². The van der Waals surface area contributed by atoms with E-state index in [9.17, 15) is 26.3 Å². The van der Waals surface area contributed by atoms with E-state index in [-0.39, 0.29) is 19.3 Å². The molecular weight excluding hydrogens is 222 g/mol. The van der Waals surface area contributed by atoms with Gasteiger partial charge in [-0.15, -0.1) is 0 Å². The quantitative estimate of drug-likeness (QED) is 0.444. The maximum atomic E-state index is 12.8. The fourth-order valence-corrected chi connectivity index (χ4v) is 1.11. The molecule has 0 heterocycles. The summed E-state index contributed by atoms with van der Waals surface area (Å²) >= 11 is 0. The molecule has 0 aliphatic carbocycles. The first-order valence-corrected chi connectivity index (χ1v) is 4.77. The largest absolute Gasteiger partial charge is 0.272 e. The van der Waals surface area contributed by atoms with Crippen LogP contribution < -0.4 is 0 Å².